The fraction of sp³-hybridized carbons (Fsp3) is 0.222. The second-order valence-corrected chi connectivity index (χ2v) is 3.48. The second-order valence-electron chi connectivity index (χ2n) is 3.07. The van der Waals surface area contributed by atoms with E-state index in [0.29, 0.717) is 5.95 Å². The van der Waals surface area contributed by atoms with Gasteiger partial charge in [0.25, 0.3) is 0 Å². The Morgan fingerprint density at radius 1 is 1.46 bits per heavy atom. The fourth-order valence-corrected chi connectivity index (χ4v) is 1.64. The molecule has 2 aromatic rings. The number of aryl methyl sites for hydroxylation is 2. The summed E-state index contributed by atoms with van der Waals surface area (Å²) in [6.07, 6.45) is 0. The Kier molecular flexibility index (Phi) is 1.70. The van der Waals surface area contributed by atoms with Gasteiger partial charge in [0.05, 0.1) is 11.0 Å². The number of anilines is 1. The van der Waals surface area contributed by atoms with Crippen LogP contribution in [0, 0.1) is 6.92 Å². The molecule has 2 rings (SSSR count). The minimum absolute atomic E-state index is 0.514. The molecule has 0 aliphatic carbocycles. The van der Waals surface area contributed by atoms with Gasteiger partial charge in [0.15, 0.2) is 0 Å². The molecule has 0 fully saturated rings. The minimum Gasteiger partial charge on any atom is -0.369 e. The predicted molar refractivity (Wildman–Crippen MR) is 54.9 cm³/mol. The summed E-state index contributed by atoms with van der Waals surface area (Å²) in [4.78, 5) is 4.20. The Balaban J connectivity index is 2.97. The van der Waals surface area contributed by atoms with E-state index in [1.807, 2.05) is 30.7 Å². The molecule has 0 saturated carbocycles. The highest BCUT2D eigenvalue weighted by atomic mass is 35.5. The Morgan fingerprint density at radius 2 is 2.15 bits per heavy atom. The highest BCUT2D eigenvalue weighted by molar-refractivity contribution is 6.32. The average molecular weight is 196 g/mol. The molecule has 4 heteroatoms. The van der Waals surface area contributed by atoms with Crippen molar-refractivity contribution in [2.24, 2.45) is 7.05 Å². The number of nitrogens with two attached hydrogens (primary N) is 1. The van der Waals surface area contributed by atoms with Crippen molar-refractivity contribution in [3.05, 3.63) is 22.7 Å². The molecule has 3 nitrogen and oxygen atoms in total. The van der Waals surface area contributed by atoms with Crippen molar-refractivity contribution in [2.75, 3.05) is 5.73 Å². The van der Waals surface area contributed by atoms with Crippen LogP contribution in [0.25, 0.3) is 11.0 Å². The number of fused-ring (bicyclic) bond motifs is 1. The van der Waals surface area contributed by atoms with Gasteiger partial charge in [0.1, 0.15) is 0 Å². The van der Waals surface area contributed by atoms with Gasteiger partial charge in [-0.1, -0.05) is 11.6 Å². The summed E-state index contributed by atoms with van der Waals surface area (Å²) in [5, 5.41) is 0.746. The molecule has 0 spiro atoms. The third-order valence-electron chi connectivity index (χ3n) is 2.26. The van der Waals surface area contributed by atoms with Gasteiger partial charge in [-0.3, -0.25) is 0 Å². The quantitative estimate of drug-likeness (QED) is 0.700. The van der Waals surface area contributed by atoms with Crippen molar-refractivity contribution in [1.29, 1.82) is 0 Å². The highest BCUT2D eigenvalue weighted by Crippen LogP contribution is 2.25. The van der Waals surface area contributed by atoms with Gasteiger partial charge in [0.2, 0.25) is 5.95 Å². The first-order valence-electron chi connectivity index (χ1n) is 3.98. The van der Waals surface area contributed by atoms with Crippen LogP contribution < -0.4 is 5.73 Å². The predicted octanol–water partition coefficient (Wildman–Crippen LogP) is 2.12. The lowest BCUT2D eigenvalue weighted by atomic mass is 10.2. The van der Waals surface area contributed by atoms with Crippen molar-refractivity contribution in [1.82, 2.24) is 9.55 Å². The number of nitrogen functional groups attached to an aromatic ring is 1. The van der Waals surface area contributed by atoms with E-state index in [-0.39, 0.29) is 0 Å². The lowest BCUT2D eigenvalue weighted by Crippen LogP contribution is -1.97. The largest absolute Gasteiger partial charge is 0.369 e. The van der Waals surface area contributed by atoms with E-state index in [9.17, 15) is 0 Å². The number of benzene rings is 1. The van der Waals surface area contributed by atoms with E-state index in [4.69, 9.17) is 17.3 Å². The molecule has 1 heterocycles. The highest BCUT2D eigenvalue weighted by Gasteiger charge is 2.08. The first-order chi connectivity index (χ1) is 6.11. The number of hydrogen-bond acceptors (Lipinski definition) is 2. The van der Waals surface area contributed by atoms with Crippen LogP contribution in [0.5, 0.6) is 0 Å². The van der Waals surface area contributed by atoms with Crippen molar-refractivity contribution in [3.8, 4) is 0 Å². The van der Waals surface area contributed by atoms with Gasteiger partial charge in [-0.25, -0.2) is 4.98 Å². The zero-order chi connectivity index (χ0) is 9.59. The van der Waals surface area contributed by atoms with E-state index in [1.165, 1.54) is 0 Å². The van der Waals surface area contributed by atoms with Crippen molar-refractivity contribution in [2.45, 2.75) is 6.92 Å². The smallest absolute Gasteiger partial charge is 0.200 e. The molecule has 1 aromatic heterocycles. The zero-order valence-electron chi connectivity index (χ0n) is 7.50. The molecule has 0 bridgehead atoms. The second kappa shape index (κ2) is 2.64. The van der Waals surface area contributed by atoms with Crippen molar-refractivity contribution in [3.63, 3.8) is 0 Å². The number of nitrogens with zero attached hydrogens (tertiary/aromatic N) is 2. The van der Waals surface area contributed by atoms with Crippen LogP contribution in [0.3, 0.4) is 0 Å². The molecule has 0 saturated heterocycles. The third-order valence-corrected chi connectivity index (χ3v) is 2.67. The first-order valence-corrected chi connectivity index (χ1v) is 4.36. The van der Waals surface area contributed by atoms with E-state index in [2.05, 4.69) is 4.98 Å². The van der Waals surface area contributed by atoms with E-state index < -0.39 is 0 Å². The van der Waals surface area contributed by atoms with E-state index in [1.54, 1.807) is 0 Å². The lowest BCUT2D eigenvalue weighted by Gasteiger charge is -2.01. The third kappa shape index (κ3) is 1.08. The molecular formula is C9H10ClN3. The zero-order valence-corrected chi connectivity index (χ0v) is 8.26. The molecule has 0 amide bonds. The summed E-state index contributed by atoms with van der Waals surface area (Å²) in [6, 6.07) is 3.71. The van der Waals surface area contributed by atoms with Gasteiger partial charge in [-0.2, -0.15) is 0 Å². The van der Waals surface area contributed by atoms with Gasteiger partial charge < -0.3 is 10.3 Å². The topological polar surface area (TPSA) is 43.8 Å². The van der Waals surface area contributed by atoms with Crippen LogP contribution in [0.4, 0.5) is 5.95 Å². The average Bonchev–Trinajstić information content (AvgIpc) is 2.37. The van der Waals surface area contributed by atoms with Crippen LogP contribution in [-0.4, -0.2) is 9.55 Å². The first kappa shape index (κ1) is 8.38. The summed E-state index contributed by atoms with van der Waals surface area (Å²) in [6.45, 7) is 1.96. The van der Waals surface area contributed by atoms with Crippen LogP contribution in [0.1, 0.15) is 5.56 Å². The SMILES string of the molecule is Cc1c(Cl)ccc2nc(N)n(C)c12. The van der Waals surface area contributed by atoms with E-state index in [0.717, 1.165) is 21.6 Å². The van der Waals surface area contributed by atoms with Crippen LogP contribution in [0.15, 0.2) is 12.1 Å². The van der Waals surface area contributed by atoms with Crippen LogP contribution in [-0.2, 0) is 7.05 Å². The number of hydrogen-bond donors (Lipinski definition) is 1. The maximum absolute atomic E-state index is 5.99. The van der Waals surface area contributed by atoms with Gasteiger partial charge in [0, 0.05) is 12.1 Å². The molecule has 0 aliphatic heterocycles. The monoisotopic (exact) mass is 195 g/mol. The number of rotatable bonds is 0. The Bertz CT molecular complexity index is 473. The van der Waals surface area contributed by atoms with Crippen LogP contribution >= 0.6 is 11.6 Å². The Morgan fingerprint density at radius 3 is 2.85 bits per heavy atom. The fourth-order valence-electron chi connectivity index (χ4n) is 1.49. The normalized spacial score (nSPS) is 11.0. The summed E-state index contributed by atoms with van der Waals surface area (Å²) in [5.41, 5.74) is 8.59. The summed E-state index contributed by atoms with van der Waals surface area (Å²) < 4.78 is 1.84. The maximum atomic E-state index is 5.99. The molecule has 0 atom stereocenters. The number of imidazole rings is 1. The minimum atomic E-state index is 0.514. The van der Waals surface area contributed by atoms with Gasteiger partial charge in [-0.05, 0) is 24.6 Å². The molecule has 68 valence electrons. The lowest BCUT2D eigenvalue weighted by molar-refractivity contribution is 0.961. The molecule has 0 aliphatic rings. The number of halogens is 1. The summed E-state index contributed by atoms with van der Waals surface area (Å²) in [7, 11) is 1.88. The van der Waals surface area contributed by atoms with Gasteiger partial charge in [-0.15, -0.1) is 0 Å². The Labute approximate surface area is 81.1 Å². The summed E-state index contributed by atoms with van der Waals surface area (Å²) >= 11 is 5.99. The van der Waals surface area contributed by atoms with Crippen LogP contribution in [0.2, 0.25) is 5.02 Å². The van der Waals surface area contributed by atoms with Crippen molar-refractivity contribution >= 4 is 28.6 Å². The number of aromatic nitrogens is 2. The summed E-state index contributed by atoms with van der Waals surface area (Å²) in [5.74, 6) is 0.514. The van der Waals surface area contributed by atoms with Gasteiger partial charge >= 0.3 is 0 Å². The molecule has 2 N–H and O–H groups in total. The molecule has 0 radical (unpaired) electrons. The Hall–Kier alpha value is -1.22. The molecule has 13 heavy (non-hydrogen) atoms. The molecular weight excluding hydrogens is 186 g/mol. The van der Waals surface area contributed by atoms with Crippen molar-refractivity contribution < 1.29 is 0 Å². The standard InChI is InChI=1S/C9H10ClN3/c1-5-6(10)3-4-7-8(5)13(2)9(11)12-7/h3-4H,1-2H3,(H2,11,12). The maximum Gasteiger partial charge on any atom is 0.200 e. The molecule has 1 aromatic carbocycles. The molecule has 0 unspecified atom stereocenters. The van der Waals surface area contributed by atoms with E-state index >= 15 is 0 Å².